The molecule has 0 aromatic carbocycles. The van der Waals surface area contributed by atoms with Crippen LogP contribution in [0.3, 0.4) is 0 Å². The summed E-state index contributed by atoms with van der Waals surface area (Å²) in [6.45, 7) is 6.32. The topological polar surface area (TPSA) is 61.8 Å². The lowest BCUT2D eigenvalue weighted by atomic mass is 10.1. The van der Waals surface area contributed by atoms with Crippen LogP contribution in [-0.4, -0.2) is 60.9 Å². The van der Waals surface area contributed by atoms with Gasteiger partial charge in [-0.25, -0.2) is 0 Å². The molecule has 1 rings (SSSR count). The summed E-state index contributed by atoms with van der Waals surface area (Å²) < 4.78 is 5.30. The van der Waals surface area contributed by atoms with Crippen LogP contribution in [0, 0.1) is 0 Å². The molecule has 1 fully saturated rings. The number of nitrogens with one attached hydrogen (secondary N) is 1. The zero-order valence-electron chi connectivity index (χ0n) is 9.40. The van der Waals surface area contributed by atoms with Crippen molar-refractivity contribution in [3.8, 4) is 0 Å². The van der Waals surface area contributed by atoms with Crippen molar-refractivity contribution in [1.29, 1.82) is 0 Å². The Bertz CT molecular complexity index is 209. The first kappa shape index (κ1) is 12.4. The van der Waals surface area contributed by atoms with Crippen LogP contribution in [0.1, 0.15) is 13.8 Å². The molecule has 0 saturated carbocycles. The highest BCUT2D eigenvalue weighted by Gasteiger charge is 2.30. The first-order valence-corrected chi connectivity index (χ1v) is 5.39. The van der Waals surface area contributed by atoms with Gasteiger partial charge in [0.1, 0.15) is 6.04 Å². The Morgan fingerprint density at radius 3 is 3.00 bits per heavy atom. The van der Waals surface area contributed by atoms with Crippen LogP contribution in [0.15, 0.2) is 0 Å². The van der Waals surface area contributed by atoms with Crippen LogP contribution < -0.4 is 5.32 Å². The number of aliphatic hydroxyl groups is 1. The molecule has 1 amide bonds. The van der Waals surface area contributed by atoms with Crippen LogP contribution in [0.25, 0.3) is 0 Å². The van der Waals surface area contributed by atoms with Crippen molar-refractivity contribution in [2.24, 2.45) is 0 Å². The third kappa shape index (κ3) is 3.44. The summed E-state index contributed by atoms with van der Waals surface area (Å²) in [4.78, 5) is 13.8. The number of morpholine rings is 1. The maximum Gasteiger partial charge on any atom is 0.239 e. The molecule has 0 aliphatic carbocycles. The first-order valence-electron chi connectivity index (χ1n) is 5.39. The minimum atomic E-state index is -0.217. The van der Waals surface area contributed by atoms with Gasteiger partial charge < -0.3 is 15.2 Å². The first-order chi connectivity index (χ1) is 7.16. The summed E-state index contributed by atoms with van der Waals surface area (Å²) in [6, 6.07) is 0.115. The standard InChI is InChI=1S/C10H20N2O3/c1-8(2)12-4-6-15-7-9(12)10(14)11-3-5-13/h8-9,13H,3-7H2,1-2H3,(H,11,14)/t9-/m0/s1. The molecule has 1 aliphatic rings. The van der Waals surface area contributed by atoms with Crippen LogP contribution in [0.2, 0.25) is 0 Å². The molecule has 5 heteroatoms. The average Bonchev–Trinajstić information content (AvgIpc) is 2.25. The Morgan fingerprint density at radius 1 is 1.67 bits per heavy atom. The zero-order chi connectivity index (χ0) is 11.3. The SMILES string of the molecule is CC(C)N1CCOC[C@H]1C(=O)NCCO. The fourth-order valence-electron chi connectivity index (χ4n) is 1.76. The normalized spacial score (nSPS) is 23.1. The zero-order valence-corrected chi connectivity index (χ0v) is 9.40. The Labute approximate surface area is 90.4 Å². The van der Waals surface area contributed by atoms with Crippen molar-refractivity contribution in [3.63, 3.8) is 0 Å². The Morgan fingerprint density at radius 2 is 2.40 bits per heavy atom. The largest absolute Gasteiger partial charge is 0.395 e. The quantitative estimate of drug-likeness (QED) is 0.646. The fraction of sp³-hybridized carbons (Fsp3) is 0.900. The predicted molar refractivity (Wildman–Crippen MR) is 56.5 cm³/mol. The average molecular weight is 216 g/mol. The Hall–Kier alpha value is -0.650. The monoisotopic (exact) mass is 216 g/mol. The second-order valence-corrected chi connectivity index (χ2v) is 3.94. The van der Waals surface area contributed by atoms with E-state index in [-0.39, 0.29) is 18.6 Å². The van der Waals surface area contributed by atoms with E-state index in [0.717, 1.165) is 6.54 Å². The Balaban J connectivity index is 2.51. The molecule has 0 aromatic rings. The van der Waals surface area contributed by atoms with Gasteiger partial charge in [0.05, 0.1) is 19.8 Å². The lowest BCUT2D eigenvalue weighted by Gasteiger charge is -2.37. The molecule has 0 radical (unpaired) electrons. The molecule has 0 bridgehead atoms. The maximum atomic E-state index is 11.7. The molecule has 0 unspecified atom stereocenters. The van der Waals surface area contributed by atoms with Gasteiger partial charge in [-0.1, -0.05) is 0 Å². The third-order valence-electron chi connectivity index (χ3n) is 2.55. The number of nitrogens with zero attached hydrogens (tertiary/aromatic N) is 1. The van der Waals surface area contributed by atoms with E-state index in [1.807, 2.05) is 0 Å². The summed E-state index contributed by atoms with van der Waals surface area (Å²) >= 11 is 0. The smallest absolute Gasteiger partial charge is 0.239 e. The number of carbonyl (C=O) groups excluding carboxylic acids is 1. The van der Waals surface area contributed by atoms with Gasteiger partial charge >= 0.3 is 0 Å². The molecular formula is C10H20N2O3. The van der Waals surface area contributed by atoms with Gasteiger partial charge in [-0.3, -0.25) is 9.69 Å². The molecule has 1 atom stereocenters. The second-order valence-electron chi connectivity index (χ2n) is 3.94. The molecule has 15 heavy (non-hydrogen) atoms. The number of aliphatic hydroxyl groups excluding tert-OH is 1. The van der Waals surface area contributed by atoms with Gasteiger partial charge in [-0.2, -0.15) is 0 Å². The number of ether oxygens (including phenoxy) is 1. The van der Waals surface area contributed by atoms with Crippen LogP contribution in [0.5, 0.6) is 0 Å². The fourth-order valence-corrected chi connectivity index (χ4v) is 1.76. The second kappa shape index (κ2) is 6.05. The van der Waals surface area contributed by atoms with Crippen molar-refractivity contribution in [1.82, 2.24) is 10.2 Å². The van der Waals surface area contributed by atoms with E-state index in [1.165, 1.54) is 0 Å². The minimum Gasteiger partial charge on any atom is -0.395 e. The highest BCUT2D eigenvalue weighted by atomic mass is 16.5. The molecule has 2 N–H and O–H groups in total. The molecule has 1 saturated heterocycles. The van der Waals surface area contributed by atoms with Gasteiger partial charge in [0.2, 0.25) is 5.91 Å². The Kier molecular flexibility index (Phi) is 5.01. The van der Waals surface area contributed by atoms with Gasteiger partial charge in [-0.15, -0.1) is 0 Å². The van der Waals surface area contributed by atoms with Crippen molar-refractivity contribution in [3.05, 3.63) is 0 Å². The van der Waals surface area contributed by atoms with Gasteiger partial charge in [-0.05, 0) is 13.8 Å². The van der Waals surface area contributed by atoms with Crippen molar-refractivity contribution in [2.75, 3.05) is 32.9 Å². The third-order valence-corrected chi connectivity index (χ3v) is 2.55. The minimum absolute atomic E-state index is 0.0268. The summed E-state index contributed by atoms with van der Waals surface area (Å²) in [5.74, 6) is -0.0579. The molecule has 0 aromatic heterocycles. The van der Waals surface area contributed by atoms with Crippen LogP contribution in [0.4, 0.5) is 0 Å². The molecule has 1 aliphatic heterocycles. The lowest BCUT2D eigenvalue weighted by Crippen LogP contribution is -2.56. The van der Waals surface area contributed by atoms with Crippen molar-refractivity contribution < 1.29 is 14.6 Å². The number of amides is 1. The van der Waals surface area contributed by atoms with Crippen LogP contribution >= 0.6 is 0 Å². The van der Waals surface area contributed by atoms with Crippen molar-refractivity contribution >= 4 is 5.91 Å². The van der Waals surface area contributed by atoms with E-state index >= 15 is 0 Å². The van der Waals surface area contributed by atoms with E-state index in [0.29, 0.717) is 25.8 Å². The molecule has 5 nitrogen and oxygen atoms in total. The predicted octanol–water partition coefficient (Wildman–Crippen LogP) is -0.796. The summed E-state index contributed by atoms with van der Waals surface area (Å²) in [5, 5.41) is 11.3. The molecular weight excluding hydrogens is 196 g/mol. The van der Waals surface area contributed by atoms with Gasteiger partial charge in [0.15, 0.2) is 0 Å². The van der Waals surface area contributed by atoms with E-state index in [4.69, 9.17) is 9.84 Å². The lowest BCUT2D eigenvalue weighted by molar-refractivity contribution is -0.134. The van der Waals surface area contributed by atoms with E-state index in [1.54, 1.807) is 0 Å². The van der Waals surface area contributed by atoms with Crippen molar-refractivity contribution in [2.45, 2.75) is 25.9 Å². The van der Waals surface area contributed by atoms with Gasteiger partial charge in [0.25, 0.3) is 0 Å². The number of hydrogen-bond acceptors (Lipinski definition) is 4. The summed E-state index contributed by atoms with van der Waals surface area (Å²) in [5.41, 5.74) is 0. The molecule has 1 heterocycles. The molecule has 0 spiro atoms. The van der Waals surface area contributed by atoms with E-state index in [2.05, 4.69) is 24.1 Å². The van der Waals surface area contributed by atoms with E-state index in [9.17, 15) is 4.79 Å². The highest BCUT2D eigenvalue weighted by molar-refractivity contribution is 5.82. The molecule has 88 valence electrons. The van der Waals surface area contributed by atoms with E-state index < -0.39 is 0 Å². The number of rotatable bonds is 4. The maximum absolute atomic E-state index is 11.7. The number of carbonyl (C=O) groups is 1. The highest BCUT2D eigenvalue weighted by Crippen LogP contribution is 2.10. The van der Waals surface area contributed by atoms with Crippen LogP contribution in [-0.2, 0) is 9.53 Å². The summed E-state index contributed by atoms with van der Waals surface area (Å²) in [6.07, 6.45) is 0. The van der Waals surface area contributed by atoms with Gasteiger partial charge in [0, 0.05) is 19.1 Å². The number of hydrogen-bond donors (Lipinski definition) is 2. The summed E-state index contributed by atoms with van der Waals surface area (Å²) in [7, 11) is 0.